The fourth-order valence-corrected chi connectivity index (χ4v) is 3.07. The molecule has 0 radical (unpaired) electrons. The summed E-state index contributed by atoms with van der Waals surface area (Å²) >= 11 is 6.16. The molecule has 5 heteroatoms. The van der Waals surface area contributed by atoms with Gasteiger partial charge in [-0.05, 0) is 42.7 Å². The van der Waals surface area contributed by atoms with Crippen LogP contribution < -0.4 is 0 Å². The summed E-state index contributed by atoms with van der Waals surface area (Å²) < 4.78 is 13.0. The van der Waals surface area contributed by atoms with Gasteiger partial charge >= 0.3 is 0 Å². The van der Waals surface area contributed by atoms with Crippen molar-refractivity contribution in [1.29, 1.82) is 0 Å². The van der Waals surface area contributed by atoms with Gasteiger partial charge in [-0.15, -0.1) is 0 Å². The van der Waals surface area contributed by atoms with E-state index in [0.717, 1.165) is 16.0 Å². The Balaban J connectivity index is 1.94. The molecule has 0 spiro atoms. The molecule has 122 valence electrons. The molecular formula is C19H15ClFNO2. The summed E-state index contributed by atoms with van der Waals surface area (Å²) in [4.78, 5) is 26.2. The molecular weight excluding hydrogens is 329 g/mol. The van der Waals surface area contributed by atoms with Crippen molar-refractivity contribution in [3.8, 4) is 0 Å². The summed E-state index contributed by atoms with van der Waals surface area (Å²) in [6, 6.07) is 11.3. The van der Waals surface area contributed by atoms with E-state index >= 15 is 0 Å². The van der Waals surface area contributed by atoms with Crippen LogP contribution >= 0.6 is 11.6 Å². The summed E-state index contributed by atoms with van der Waals surface area (Å²) in [5.74, 6) is -1.33. The highest BCUT2D eigenvalue weighted by Gasteiger charge is 2.38. The molecule has 0 saturated carbocycles. The van der Waals surface area contributed by atoms with E-state index in [2.05, 4.69) is 0 Å². The molecule has 0 aliphatic carbocycles. The van der Waals surface area contributed by atoms with Crippen molar-refractivity contribution in [2.75, 3.05) is 0 Å². The van der Waals surface area contributed by atoms with Crippen molar-refractivity contribution in [3.63, 3.8) is 0 Å². The van der Waals surface area contributed by atoms with E-state index in [1.165, 1.54) is 12.1 Å². The molecule has 2 amide bonds. The first kappa shape index (κ1) is 16.4. The summed E-state index contributed by atoms with van der Waals surface area (Å²) in [5.41, 5.74) is 3.48. The first-order valence-electron chi connectivity index (χ1n) is 7.46. The third kappa shape index (κ3) is 2.85. The van der Waals surface area contributed by atoms with Gasteiger partial charge in [0.25, 0.3) is 11.8 Å². The van der Waals surface area contributed by atoms with E-state index in [0.29, 0.717) is 11.1 Å². The summed E-state index contributed by atoms with van der Waals surface area (Å²) in [6.07, 6.45) is 0. The van der Waals surface area contributed by atoms with Crippen LogP contribution in [-0.2, 0) is 16.1 Å². The van der Waals surface area contributed by atoms with Gasteiger partial charge in [-0.25, -0.2) is 4.39 Å². The van der Waals surface area contributed by atoms with Crippen LogP contribution in [0.1, 0.15) is 22.3 Å². The van der Waals surface area contributed by atoms with Crippen LogP contribution in [0.3, 0.4) is 0 Å². The minimum absolute atomic E-state index is 0.0581. The lowest BCUT2D eigenvalue weighted by atomic mass is 9.99. The fourth-order valence-electron chi connectivity index (χ4n) is 2.79. The summed E-state index contributed by atoms with van der Waals surface area (Å²) in [5, 5.41) is -0.0749. The Labute approximate surface area is 144 Å². The topological polar surface area (TPSA) is 37.4 Å². The first-order valence-corrected chi connectivity index (χ1v) is 7.84. The van der Waals surface area contributed by atoms with Crippen molar-refractivity contribution in [2.24, 2.45) is 0 Å². The van der Waals surface area contributed by atoms with Gasteiger partial charge in [0.1, 0.15) is 10.8 Å². The number of aryl methyl sites for hydroxylation is 2. The number of benzene rings is 2. The molecule has 0 fully saturated rings. The number of carbonyl (C=O) groups is 2. The van der Waals surface area contributed by atoms with Gasteiger partial charge in [-0.3, -0.25) is 14.5 Å². The normalized spacial score (nSPS) is 14.8. The average Bonchev–Trinajstić information content (AvgIpc) is 2.74. The van der Waals surface area contributed by atoms with Crippen LogP contribution in [0.5, 0.6) is 0 Å². The molecule has 1 aliphatic heterocycles. The number of amides is 2. The highest BCUT2D eigenvalue weighted by atomic mass is 35.5. The number of hydrogen-bond donors (Lipinski definition) is 0. The quantitative estimate of drug-likeness (QED) is 0.791. The maximum atomic E-state index is 13.0. The molecule has 1 heterocycles. The van der Waals surface area contributed by atoms with E-state index < -0.39 is 11.8 Å². The number of nitrogens with zero attached hydrogens (tertiary/aromatic N) is 1. The summed E-state index contributed by atoms with van der Waals surface area (Å²) in [7, 11) is 0. The molecule has 0 bridgehead atoms. The van der Waals surface area contributed by atoms with Crippen molar-refractivity contribution >= 4 is 29.0 Å². The number of hydrogen-bond acceptors (Lipinski definition) is 2. The van der Waals surface area contributed by atoms with Crippen LogP contribution in [0, 0.1) is 19.7 Å². The number of imide groups is 1. The molecule has 2 aromatic rings. The molecule has 24 heavy (non-hydrogen) atoms. The Morgan fingerprint density at radius 1 is 1.00 bits per heavy atom. The Kier molecular flexibility index (Phi) is 4.24. The third-order valence-corrected chi connectivity index (χ3v) is 4.37. The molecule has 0 saturated heterocycles. The number of carbonyl (C=O) groups excluding carboxylic acids is 2. The van der Waals surface area contributed by atoms with Gasteiger partial charge in [0.15, 0.2) is 0 Å². The molecule has 0 N–H and O–H groups in total. The van der Waals surface area contributed by atoms with Crippen LogP contribution in [0.25, 0.3) is 5.57 Å². The van der Waals surface area contributed by atoms with Crippen molar-refractivity contribution < 1.29 is 14.0 Å². The van der Waals surface area contributed by atoms with E-state index in [1.807, 2.05) is 26.0 Å². The number of rotatable bonds is 3. The van der Waals surface area contributed by atoms with Crippen molar-refractivity contribution in [2.45, 2.75) is 20.4 Å². The van der Waals surface area contributed by atoms with Crippen LogP contribution in [-0.4, -0.2) is 16.7 Å². The maximum Gasteiger partial charge on any atom is 0.273 e. The maximum absolute atomic E-state index is 13.0. The van der Waals surface area contributed by atoms with Crippen LogP contribution in [0.15, 0.2) is 47.5 Å². The summed E-state index contributed by atoms with van der Waals surface area (Å²) in [6.45, 7) is 3.89. The predicted octanol–water partition coefficient (Wildman–Crippen LogP) is 3.96. The molecule has 0 aromatic heterocycles. The molecule has 3 rings (SSSR count). The second kappa shape index (κ2) is 6.21. The zero-order valence-electron chi connectivity index (χ0n) is 13.3. The standard InChI is InChI=1S/C19H15ClFNO2/c1-11-3-8-15(12(2)9-11)16-17(20)19(24)22(18(16)23)10-13-4-6-14(21)7-5-13/h3-9H,10H2,1-2H3. The fraction of sp³-hybridized carbons (Fsp3) is 0.158. The molecule has 1 aliphatic rings. The Hall–Kier alpha value is -2.46. The van der Waals surface area contributed by atoms with Gasteiger partial charge in [-0.2, -0.15) is 0 Å². The van der Waals surface area contributed by atoms with E-state index in [4.69, 9.17) is 11.6 Å². The van der Waals surface area contributed by atoms with Gasteiger partial charge < -0.3 is 0 Å². The second-order valence-electron chi connectivity index (χ2n) is 5.83. The van der Waals surface area contributed by atoms with Gasteiger partial charge in [-0.1, -0.05) is 47.5 Å². The minimum atomic E-state index is -0.527. The van der Waals surface area contributed by atoms with Crippen molar-refractivity contribution in [1.82, 2.24) is 4.90 Å². The van der Waals surface area contributed by atoms with E-state index in [1.54, 1.807) is 18.2 Å². The Morgan fingerprint density at radius 2 is 1.67 bits per heavy atom. The third-order valence-electron chi connectivity index (χ3n) is 4.02. The van der Waals surface area contributed by atoms with Crippen LogP contribution in [0.2, 0.25) is 0 Å². The van der Waals surface area contributed by atoms with Crippen molar-refractivity contribution in [3.05, 3.63) is 75.6 Å². The lowest BCUT2D eigenvalue weighted by Gasteiger charge is -2.15. The lowest BCUT2D eigenvalue weighted by molar-refractivity contribution is -0.137. The Morgan fingerprint density at radius 3 is 2.29 bits per heavy atom. The average molecular weight is 344 g/mol. The van der Waals surface area contributed by atoms with Gasteiger partial charge in [0.05, 0.1) is 12.1 Å². The highest BCUT2D eigenvalue weighted by Crippen LogP contribution is 2.34. The molecule has 2 aromatic carbocycles. The monoisotopic (exact) mass is 343 g/mol. The molecule has 3 nitrogen and oxygen atoms in total. The second-order valence-corrected chi connectivity index (χ2v) is 6.21. The first-order chi connectivity index (χ1) is 11.4. The van der Waals surface area contributed by atoms with E-state index in [9.17, 15) is 14.0 Å². The van der Waals surface area contributed by atoms with Crippen LogP contribution in [0.4, 0.5) is 4.39 Å². The van der Waals surface area contributed by atoms with Gasteiger partial charge in [0.2, 0.25) is 0 Å². The van der Waals surface area contributed by atoms with E-state index in [-0.39, 0.29) is 23.0 Å². The molecule has 0 unspecified atom stereocenters. The zero-order chi connectivity index (χ0) is 17.4. The number of halogens is 2. The smallest absolute Gasteiger partial charge is 0.269 e. The SMILES string of the molecule is Cc1ccc(C2=C(Cl)C(=O)N(Cc3ccc(F)cc3)C2=O)c(C)c1. The van der Waals surface area contributed by atoms with Gasteiger partial charge in [0, 0.05) is 0 Å². The lowest BCUT2D eigenvalue weighted by Crippen LogP contribution is -2.30. The highest BCUT2D eigenvalue weighted by molar-refractivity contribution is 6.55. The largest absolute Gasteiger partial charge is 0.273 e. The Bertz CT molecular complexity index is 871. The molecule has 0 atom stereocenters. The minimum Gasteiger partial charge on any atom is -0.269 e. The zero-order valence-corrected chi connectivity index (χ0v) is 14.0. The predicted molar refractivity (Wildman–Crippen MR) is 90.6 cm³/mol.